The van der Waals surface area contributed by atoms with Crippen LogP contribution in [0.5, 0.6) is 0 Å². The van der Waals surface area contributed by atoms with Crippen LogP contribution in [0.3, 0.4) is 0 Å². The van der Waals surface area contributed by atoms with E-state index in [4.69, 9.17) is 0 Å². The van der Waals surface area contributed by atoms with Crippen LogP contribution in [0.1, 0.15) is 6.92 Å². The van der Waals surface area contributed by atoms with Gasteiger partial charge in [0.25, 0.3) is 0 Å². The molecule has 7 heteroatoms. The van der Waals surface area contributed by atoms with Gasteiger partial charge in [-0.25, -0.2) is 4.99 Å². The molecule has 0 heterocycles. The van der Waals surface area contributed by atoms with Gasteiger partial charge in [-0.2, -0.15) is 0 Å². The smallest absolute Gasteiger partial charge is 0.243 e. The minimum absolute atomic E-state index is 0. The Labute approximate surface area is 166 Å². The number of rotatable bonds is 8. The Bertz CT molecular complexity index is 523. The van der Waals surface area contributed by atoms with E-state index in [2.05, 4.69) is 41.3 Å². The maximum absolute atomic E-state index is 11.6. The zero-order valence-corrected chi connectivity index (χ0v) is 17.6. The molecule has 0 spiro atoms. The number of hydrogen-bond donors (Lipinski definition) is 2. The zero-order chi connectivity index (χ0) is 17.1. The molecule has 1 rings (SSSR count). The van der Waals surface area contributed by atoms with Gasteiger partial charge in [0.15, 0.2) is 5.96 Å². The highest BCUT2D eigenvalue weighted by molar-refractivity contribution is 14.0. The monoisotopic (exact) mass is 462 g/mol. The van der Waals surface area contributed by atoms with Gasteiger partial charge in [-0.15, -0.1) is 42.3 Å². The molecule has 0 aliphatic heterocycles. The van der Waals surface area contributed by atoms with Gasteiger partial charge in [-0.05, 0) is 12.1 Å². The molecule has 0 radical (unpaired) electrons. The van der Waals surface area contributed by atoms with E-state index in [1.54, 1.807) is 31.9 Å². The Morgan fingerprint density at radius 2 is 2.00 bits per heavy atom. The number of guanidine groups is 1. The molecule has 134 valence electrons. The number of likely N-dealkylation sites (N-methyl/N-ethyl adjacent to an activating group) is 1. The van der Waals surface area contributed by atoms with Crippen molar-refractivity contribution >= 4 is 47.6 Å². The summed E-state index contributed by atoms with van der Waals surface area (Å²) in [7, 11) is 3.45. The Balaban J connectivity index is 0.00000529. The first-order valence-corrected chi connectivity index (χ1v) is 8.45. The fourth-order valence-electron chi connectivity index (χ4n) is 1.64. The van der Waals surface area contributed by atoms with Gasteiger partial charge >= 0.3 is 0 Å². The average Bonchev–Trinajstić information content (AvgIpc) is 2.54. The molecule has 2 N–H and O–H groups in total. The van der Waals surface area contributed by atoms with Crippen LogP contribution in [0.25, 0.3) is 0 Å². The number of carbonyl (C=O) groups excluding carboxylic acids is 1. The van der Waals surface area contributed by atoms with Crippen LogP contribution in [0.4, 0.5) is 0 Å². The van der Waals surface area contributed by atoms with Crippen LogP contribution in [0, 0.1) is 0 Å². The molecule has 1 aromatic carbocycles. The summed E-state index contributed by atoms with van der Waals surface area (Å²) >= 11 is 1.80. The molecular weight excluding hydrogens is 435 g/mol. The van der Waals surface area contributed by atoms with Crippen molar-refractivity contribution in [1.29, 1.82) is 0 Å². The van der Waals surface area contributed by atoms with Crippen molar-refractivity contribution in [3.8, 4) is 0 Å². The van der Waals surface area contributed by atoms with Crippen LogP contribution in [0.15, 0.2) is 52.9 Å². The third-order valence-corrected chi connectivity index (χ3v) is 4.04. The standard InChI is InChI=1S/C17H26N4OS.HI/c1-5-11-18-17(20-13-16(22)21(3)4)19-12-14(2)23-15-9-7-6-8-10-15;/h5-10,14H,1,11-13H2,2-4H3,(H2,18,19,20);1H. The highest BCUT2D eigenvalue weighted by Gasteiger charge is 2.07. The molecule has 0 aliphatic carbocycles. The summed E-state index contributed by atoms with van der Waals surface area (Å²) in [5, 5.41) is 6.77. The molecule has 1 amide bonds. The molecule has 0 fully saturated rings. The van der Waals surface area contributed by atoms with Crippen molar-refractivity contribution in [3.05, 3.63) is 43.0 Å². The minimum Gasteiger partial charge on any atom is -0.355 e. The molecule has 1 aromatic rings. The summed E-state index contributed by atoms with van der Waals surface area (Å²) in [5.41, 5.74) is 0. The van der Waals surface area contributed by atoms with Crippen molar-refractivity contribution in [2.45, 2.75) is 17.1 Å². The topological polar surface area (TPSA) is 56.7 Å². The lowest BCUT2D eigenvalue weighted by Gasteiger charge is -2.16. The first kappa shape index (κ1) is 22.8. The predicted molar refractivity (Wildman–Crippen MR) is 114 cm³/mol. The maximum atomic E-state index is 11.6. The fraction of sp³-hybridized carbons (Fsp3) is 0.412. The number of hydrogen-bond acceptors (Lipinski definition) is 3. The Morgan fingerprint density at radius 3 is 2.58 bits per heavy atom. The van der Waals surface area contributed by atoms with Gasteiger partial charge in [0.1, 0.15) is 6.54 Å². The number of carbonyl (C=O) groups is 1. The summed E-state index contributed by atoms with van der Waals surface area (Å²) in [6, 6.07) is 10.3. The van der Waals surface area contributed by atoms with E-state index in [0.29, 0.717) is 17.8 Å². The molecular formula is C17H27IN4OS. The summed E-state index contributed by atoms with van der Waals surface area (Å²) < 4.78 is 0. The van der Waals surface area contributed by atoms with E-state index >= 15 is 0 Å². The summed E-state index contributed by atoms with van der Waals surface area (Å²) in [4.78, 5) is 18.7. The molecule has 0 saturated heterocycles. The lowest BCUT2D eigenvalue weighted by atomic mass is 10.4. The SMILES string of the molecule is C=CCNC(=NCC(=O)N(C)C)NCC(C)Sc1ccccc1.I. The predicted octanol–water partition coefficient (Wildman–Crippen LogP) is 2.59. The quantitative estimate of drug-likeness (QED) is 0.205. The molecule has 0 saturated carbocycles. The van der Waals surface area contributed by atoms with Crippen molar-refractivity contribution in [2.75, 3.05) is 33.7 Å². The zero-order valence-electron chi connectivity index (χ0n) is 14.5. The van der Waals surface area contributed by atoms with Crippen LogP contribution in [-0.2, 0) is 4.79 Å². The number of benzene rings is 1. The molecule has 0 aromatic heterocycles. The molecule has 5 nitrogen and oxygen atoms in total. The number of halogens is 1. The van der Waals surface area contributed by atoms with E-state index in [9.17, 15) is 4.79 Å². The molecule has 0 bridgehead atoms. The van der Waals surface area contributed by atoms with Crippen molar-refractivity contribution in [2.24, 2.45) is 4.99 Å². The third-order valence-electron chi connectivity index (χ3n) is 2.92. The second kappa shape index (κ2) is 13.1. The van der Waals surface area contributed by atoms with Crippen LogP contribution in [0.2, 0.25) is 0 Å². The summed E-state index contributed by atoms with van der Waals surface area (Å²) in [6.07, 6.45) is 1.76. The molecule has 1 unspecified atom stereocenters. The van der Waals surface area contributed by atoms with Gasteiger partial charge in [0.05, 0.1) is 0 Å². The lowest BCUT2D eigenvalue weighted by molar-refractivity contribution is -0.127. The van der Waals surface area contributed by atoms with Crippen LogP contribution < -0.4 is 10.6 Å². The number of aliphatic imine (C=N–C) groups is 1. The number of nitrogens with one attached hydrogen (secondary N) is 2. The molecule has 24 heavy (non-hydrogen) atoms. The Hall–Kier alpha value is -1.22. The Kier molecular flexibility index (Phi) is 12.4. The van der Waals surface area contributed by atoms with Crippen LogP contribution >= 0.6 is 35.7 Å². The fourth-order valence-corrected chi connectivity index (χ4v) is 2.59. The second-order valence-corrected chi connectivity index (χ2v) is 6.76. The first-order chi connectivity index (χ1) is 11.0. The normalized spacial score (nSPS) is 11.9. The number of thioether (sulfide) groups is 1. The van der Waals surface area contributed by atoms with Gasteiger partial charge in [0.2, 0.25) is 5.91 Å². The second-order valence-electron chi connectivity index (χ2n) is 5.24. The largest absolute Gasteiger partial charge is 0.355 e. The van der Waals surface area contributed by atoms with Crippen molar-refractivity contribution < 1.29 is 4.79 Å². The van der Waals surface area contributed by atoms with Gasteiger partial charge < -0.3 is 15.5 Å². The van der Waals surface area contributed by atoms with E-state index in [1.807, 2.05) is 18.2 Å². The first-order valence-electron chi connectivity index (χ1n) is 7.58. The average molecular weight is 462 g/mol. The highest BCUT2D eigenvalue weighted by Crippen LogP contribution is 2.21. The van der Waals surface area contributed by atoms with Gasteiger partial charge in [-0.1, -0.05) is 31.2 Å². The maximum Gasteiger partial charge on any atom is 0.243 e. The van der Waals surface area contributed by atoms with E-state index in [0.717, 1.165) is 6.54 Å². The van der Waals surface area contributed by atoms with E-state index in [1.165, 1.54) is 9.80 Å². The summed E-state index contributed by atoms with van der Waals surface area (Å²) in [6.45, 7) is 7.31. The van der Waals surface area contributed by atoms with Crippen LogP contribution in [-0.4, -0.2) is 55.7 Å². The van der Waals surface area contributed by atoms with Crippen molar-refractivity contribution in [3.63, 3.8) is 0 Å². The number of nitrogens with zero attached hydrogens (tertiary/aromatic N) is 2. The number of amides is 1. The van der Waals surface area contributed by atoms with Crippen molar-refractivity contribution in [1.82, 2.24) is 15.5 Å². The van der Waals surface area contributed by atoms with E-state index in [-0.39, 0.29) is 36.4 Å². The van der Waals surface area contributed by atoms with Gasteiger partial charge in [-0.3, -0.25) is 4.79 Å². The molecule has 0 aliphatic rings. The molecule has 1 atom stereocenters. The third kappa shape index (κ3) is 9.82. The van der Waals surface area contributed by atoms with E-state index < -0.39 is 0 Å². The lowest BCUT2D eigenvalue weighted by Crippen LogP contribution is -2.41. The summed E-state index contributed by atoms with van der Waals surface area (Å²) in [5.74, 6) is 0.594. The minimum atomic E-state index is -0.0311. The van der Waals surface area contributed by atoms with Gasteiger partial charge in [0, 0.05) is 37.3 Å². The Morgan fingerprint density at radius 1 is 1.33 bits per heavy atom. The highest BCUT2D eigenvalue weighted by atomic mass is 127.